The summed E-state index contributed by atoms with van der Waals surface area (Å²) in [6.45, 7) is 6.91. The minimum atomic E-state index is 0.0476. The summed E-state index contributed by atoms with van der Waals surface area (Å²) < 4.78 is 10.1. The summed E-state index contributed by atoms with van der Waals surface area (Å²) in [6.07, 6.45) is 2.07. The Hall–Kier alpha value is -0.980. The number of aldehydes is 1. The molecule has 0 spiro atoms. The molecule has 6 heteroatoms. The van der Waals surface area contributed by atoms with Crippen LogP contribution >= 0.6 is 0 Å². The monoisotopic (exact) mass is 274 g/mol. The lowest BCUT2D eigenvalue weighted by atomic mass is 10.2. The van der Waals surface area contributed by atoms with Crippen LogP contribution in [0.3, 0.4) is 0 Å². The van der Waals surface area contributed by atoms with Crippen LogP contribution in [-0.2, 0) is 19.1 Å². The van der Waals surface area contributed by atoms with E-state index in [1.54, 1.807) is 0 Å². The summed E-state index contributed by atoms with van der Waals surface area (Å²) in [4.78, 5) is 21.3. The number of ether oxygens (including phenoxy) is 2. The lowest BCUT2D eigenvalue weighted by Gasteiger charge is -2.08. The molecule has 19 heavy (non-hydrogen) atoms. The van der Waals surface area contributed by atoms with Crippen molar-refractivity contribution in [3.8, 4) is 0 Å². The summed E-state index contributed by atoms with van der Waals surface area (Å²) in [5, 5.41) is 6.04. The number of hydrogen-bond acceptors (Lipinski definition) is 5. The zero-order valence-electron chi connectivity index (χ0n) is 11.9. The highest BCUT2D eigenvalue weighted by Crippen LogP contribution is 1.88. The van der Waals surface area contributed by atoms with E-state index in [0.717, 1.165) is 13.0 Å². The highest BCUT2D eigenvalue weighted by atomic mass is 16.5. The Morgan fingerprint density at radius 1 is 1.16 bits per heavy atom. The van der Waals surface area contributed by atoms with E-state index < -0.39 is 0 Å². The SMILES string of the molecule is CC(C)NCCCC(=O)NCCOCCOCC=O. The molecule has 112 valence electrons. The molecule has 0 aromatic carbocycles. The quantitative estimate of drug-likeness (QED) is 0.368. The average Bonchev–Trinajstić information content (AvgIpc) is 2.37. The summed E-state index contributed by atoms with van der Waals surface area (Å²) >= 11 is 0. The van der Waals surface area contributed by atoms with Crippen molar-refractivity contribution in [2.24, 2.45) is 0 Å². The molecule has 2 N–H and O–H groups in total. The molecule has 0 unspecified atom stereocenters. The van der Waals surface area contributed by atoms with E-state index in [1.165, 1.54) is 0 Å². The second-order valence-corrected chi connectivity index (χ2v) is 4.42. The third kappa shape index (κ3) is 15.0. The second kappa shape index (κ2) is 13.5. The van der Waals surface area contributed by atoms with Crippen molar-refractivity contribution in [1.29, 1.82) is 0 Å². The number of amides is 1. The smallest absolute Gasteiger partial charge is 0.220 e. The average molecular weight is 274 g/mol. The predicted molar refractivity (Wildman–Crippen MR) is 73.1 cm³/mol. The number of carbonyl (C=O) groups is 2. The van der Waals surface area contributed by atoms with Crippen molar-refractivity contribution in [3.05, 3.63) is 0 Å². The first kappa shape index (κ1) is 18.0. The standard InChI is InChI=1S/C13H26N2O4/c1-12(2)14-5-3-4-13(17)15-6-8-18-10-11-19-9-7-16/h7,12,14H,3-6,8-11H2,1-2H3,(H,15,17). The first-order valence-corrected chi connectivity index (χ1v) is 6.76. The van der Waals surface area contributed by atoms with E-state index in [-0.39, 0.29) is 12.5 Å². The fourth-order valence-corrected chi connectivity index (χ4v) is 1.34. The molecule has 0 aromatic heterocycles. The Bertz CT molecular complexity index is 235. The fraction of sp³-hybridized carbons (Fsp3) is 0.846. The molecular formula is C13H26N2O4. The third-order valence-corrected chi connectivity index (χ3v) is 2.26. The van der Waals surface area contributed by atoms with Crippen molar-refractivity contribution in [1.82, 2.24) is 10.6 Å². The van der Waals surface area contributed by atoms with Crippen molar-refractivity contribution in [3.63, 3.8) is 0 Å². The Balaban J connectivity index is 3.18. The molecule has 0 aliphatic carbocycles. The van der Waals surface area contributed by atoms with Crippen LogP contribution in [0, 0.1) is 0 Å². The van der Waals surface area contributed by atoms with Crippen LogP contribution in [0.15, 0.2) is 0 Å². The molecule has 0 radical (unpaired) electrons. The number of rotatable bonds is 13. The molecule has 0 aliphatic heterocycles. The topological polar surface area (TPSA) is 76.7 Å². The van der Waals surface area contributed by atoms with Crippen LogP contribution < -0.4 is 10.6 Å². The minimum Gasteiger partial charge on any atom is -0.377 e. The highest BCUT2D eigenvalue weighted by Gasteiger charge is 2.00. The molecular weight excluding hydrogens is 248 g/mol. The number of carbonyl (C=O) groups excluding carboxylic acids is 2. The van der Waals surface area contributed by atoms with Gasteiger partial charge in [-0.3, -0.25) is 4.79 Å². The fourth-order valence-electron chi connectivity index (χ4n) is 1.34. The Labute approximate surface area is 115 Å². The second-order valence-electron chi connectivity index (χ2n) is 4.42. The zero-order chi connectivity index (χ0) is 14.3. The van der Waals surface area contributed by atoms with Gasteiger partial charge in [0.05, 0.1) is 19.8 Å². The molecule has 1 amide bonds. The molecule has 0 saturated carbocycles. The van der Waals surface area contributed by atoms with Gasteiger partial charge in [-0.25, -0.2) is 0 Å². The lowest BCUT2D eigenvalue weighted by molar-refractivity contribution is -0.121. The molecule has 0 heterocycles. The maximum absolute atomic E-state index is 11.4. The van der Waals surface area contributed by atoms with E-state index in [4.69, 9.17) is 9.47 Å². The summed E-state index contributed by atoms with van der Waals surface area (Å²) in [6, 6.07) is 0.456. The van der Waals surface area contributed by atoms with Crippen LogP contribution in [0.25, 0.3) is 0 Å². The van der Waals surface area contributed by atoms with E-state index in [2.05, 4.69) is 24.5 Å². The van der Waals surface area contributed by atoms with Gasteiger partial charge in [-0.05, 0) is 13.0 Å². The third-order valence-electron chi connectivity index (χ3n) is 2.26. The minimum absolute atomic E-state index is 0.0476. The van der Waals surface area contributed by atoms with Crippen molar-refractivity contribution in [2.75, 3.05) is 39.5 Å². The van der Waals surface area contributed by atoms with Gasteiger partial charge in [0.1, 0.15) is 12.9 Å². The molecule has 0 aromatic rings. The highest BCUT2D eigenvalue weighted by molar-refractivity contribution is 5.75. The largest absolute Gasteiger partial charge is 0.377 e. The number of nitrogens with one attached hydrogen (secondary N) is 2. The molecule has 0 bridgehead atoms. The van der Waals surface area contributed by atoms with E-state index in [9.17, 15) is 9.59 Å². The van der Waals surface area contributed by atoms with Gasteiger partial charge in [-0.15, -0.1) is 0 Å². The van der Waals surface area contributed by atoms with Crippen LogP contribution in [0.5, 0.6) is 0 Å². The normalized spacial score (nSPS) is 10.7. The zero-order valence-corrected chi connectivity index (χ0v) is 11.9. The van der Waals surface area contributed by atoms with Crippen LogP contribution in [0.4, 0.5) is 0 Å². The first-order valence-electron chi connectivity index (χ1n) is 6.76. The van der Waals surface area contributed by atoms with Crippen LogP contribution in [-0.4, -0.2) is 57.8 Å². The molecule has 0 saturated heterocycles. The van der Waals surface area contributed by atoms with Gasteiger partial charge >= 0.3 is 0 Å². The Morgan fingerprint density at radius 2 is 1.89 bits per heavy atom. The maximum atomic E-state index is 11.4. The van der Waals surface area contributed by atoms with E-state index >= 15 is 0 Å². The van der Waals surface area contributed by atoms with Gasteiger partial charge in [0.25, 0.3) is 0 Å². The van der Waals surface area contributed by atoms with Crippen LogP contribution in [0.1, 0.15) is 26.7 Å². The van der Waals surface area contributed by atoms with Crippen molar-refractivity contribution >= 4 is 12.2 Å². The Kier molecular flexibility index (Phi) is 12.8. The molecule has 6 nitrogen and oxygen atoms in total. The van der Waals surface area contributed by atoms with Gasteiger partial charge in [0.15, 0.2) is 0 Å². The summed E-state index contributed by atoms with van der Waals surface area (Å²) in [5.41, 5.74) is 0. The first-order chi connectivity index (χ1) is 9.16. The van der Waals surface area contributed by atoms with E-state index in [0.29, 0.717) is 45.1 Å². The number of hydrogen-bond donors (Lipinski definition) is 2. The van der Waals surface area contributed by atoms with Gasteiger partial charge in [-0.2, -0.15) is 0 Å². The molecule has 0 atom stereocenters. The summed E-state index contributed by atoms with van der Waals surface area (Å²) in [5.74, 6) is 0.0476. The van der Waals surface area contributed by atoms with Gasteiger partial charge in [0, 0.05) is 19.0 Å². The molecule has 0 fully saturated rings. The van der Waals surface area contributed by atoms with Gasteiger partial charge in [0.2, 0.25) is 5.91 Å². The van der Waals surface area contributed by atoms with Crippen molar-refractivity contribution in [2.45, 2.75) is 32.7 Å². The maximum Gasteiger partial charge on any atom is 0.220 e. The van der Waals surface area contributed by atoms with Crippen molar-refractivity contribution < 1.29 is 19.1 Å². The van der Waals surface area contributed by atoms with Gasteiger partial charge < -0.3 is 24.9 Å². The molecule has 0 aliphatic rings. The van der Waals surface area contributed by atoms with Gasteiger partial charge in [-0.1, -0.05) is 13.8 Å². The van der Waals surface area contributed by atoms with E-state index in [1.807, 2.05) is 0 Å². The summed E-state index contributed by atoms with van der Waals surface area (Å²) in [7, 11) is 0. The predicted octanol–water partition coefficient (Wildman–Crippen LogP) is 0.113. The Morgan fingerprint density at radius 3 is 2.58 bits per heavy atom. The lowest BCUT2D eigenvalue weighted by Crippen LogP contribution is -2.29. The molecule has 0 rings (SSSR count). The van der Waals surface area contributed by atoms with Crippen LogP contribution in [0.2, 0.25) is 0 Å².